The van der Waals surface area contributed by atoms with Gasteiger partial charge in [-0.15, -0.1) is 0 Å². The lowest BCUT2D eigenvalue weighted by molar-refractivity contribution is 0.102. The predicted molar refractivity (Wildman–Crippen MR) is 76.9 cm³/mol. The van der Waals surface area contributed by atoms with Gasteiger partial charge in [0.25, 0.3) is 5.91 Å². The van der Waals surface area contributed by atoms with E-state index in [9.17, 15) is 4.79 Å². The number of amides is 1. The van der Waals surface area contributed by atoms with Crippen molar-refractivity contribution in [3.8, 4) is 0 Å². The summed E-state index contributed by atoms with van der Waals surface area (Å²) in [5.41, 5.74) is 1.22. The number of pyridine rings is 1. The maximum absolute atomic E-state index is 12.2. The molecule has 0 aliphatic carbocycles. The number of carbonyl (C=O) groups excluding carboxylic acids is 1. The van der Waals surface area contributed by atoms with Gasteiger partial charge >= 0.3 is 0 Å². The largest absolute Gasteiger partial charge is 0.373 e. The molecule has 0 fully saturated rings. The Morgan fingerprint density at radius 2 is 2.00 bits per heavy atom. The first-order chi connectivity index (χ1) is 9.40. The number of hydrogen-bond donors (Lipinski definition) is 2. The summed E-state index contributed by atoms with van der Waals surface area (Å²) in [5, 5.41) is 9.29. The highest BCUT2D eigenvalue weighted by Crippen LogP contribution is 2.23. The van der Waals surface area contributed by atoms with Gasteiger partial charge in [0.2, 0.25) is 0 Å². The van der Waals surface area contributed by atoms with Gasteiger partial charge in [-0.1, -0.05) is 25.9 Å². The van der Waals surface area contributed by atoms with E-state index in [-0.39, 0.29) is 11.3 Å². The van der Waals surface area contributed by atoms with Crippen LogP contribution in [0.4, 0.5) is 11.6 Å². The summed E-state index contributed by atoms with van der Waals surface area (Å²) in [4.78, 5) is 16.7. The smallest absolute Gasteiger partial charge is 0.257 e. The maximum atomic E-state index is 12.2. The number of carbonyl (C=O) groups is 1. The second-order valence-corrected chi connectivity index (χ2v) is 5.47. The Hall–Kier alpha value is -2.37. The van der Waals surface area contributed by atoms with Gasteiger partial charge in [0.05, 0.1) is 0 Å². The molecule has 0 radical (unpaired) electrons. The third-order valence-electron chi connectivity index (χ3n) is 2.79. The van der Waals surface area contributed by atoms with Crippen molar-refractivity contribution < 1.29 is 9.32 Å². The molecule has 0 spiro atoms. The van der Waals surface area contributed by atoms with Gasteiger partial charge in [0, 0.05) is 29.8 Å². The first-order valence-corrected chi connectivity index (χ1v) is 6.32. The Morgan fingerprint density at radius 1 is 1.25 bits per heavy atom. The minimum Gasteiger partial charge on any atom is -0.373 e. The van der Waals surface area contributed by atoms with Gasteiger partial charge in [-0.05, 0) is 12.1 Å². The molecular formula is C14H18N4O2. The molecule has 0 aliphatic rings. The van der Waals surface area contributed by atoms with Crippen LogP contribution in [0.1, 0.15) is 36.8 Å². The fraction of sp³-hybridized carbons (Fsp3) is 0.357. The Morgan fingerprint density at radius 3 is 2.55 bits per heavy atom. The molecule has 2 aromatic rings. The second kappa shape index (κ2) is 5.32. The zero-order valence-electron chi connectivity index (χ0n) is 12.0. The van der Waals surface area contributed by atoms with E-state index in [0.29, 0.717) is 17.2 Å². The summed E-state index contributed by atoms with van der Waals surface area (Å²) in [6, 6.07) is 5.07. The van der Waals surface area contributed by atoms with Gasteiger partial charge in [-0.25, -0.2) is 4.98 Å². The Bertz CT molecular complexity index is 600. The summed E-state index contributed by atoms with van der Waals surface area (Å²) < 4.78 is 4.68. The van der Waals surface area contributed by atoms with Crippen LogP contribution in [0.5, 0.6) is 0 Å². The van der Waals surface area contributed by atoms with Crippen molar-refractivity contribution in [1.29, 1.82) is 0 Å². The number of hydrogen-bond acceptors (Lipinski definition) is 5. The molecule has 2 N–H and O–H groups in total. The molecule has 0 aliphatic heterocycles. The molecule has 0 atom stereocenters. The number of nitrogens with zero attached hydrogens (tertiary/aromatic N) is 2. The molecule has 20 heavy (non-hydrogen) atoms. The number of nitrogens with one attached hydrogen (secondary N) is 2. The molecule has 2 aromatic heterocycles. The van der Waals surface area contributed by atoms with Gasteiger partial charge in [0.15, 0.2) is 5.82 Å². The van der Waals surface area contributed by atoms with Crippen molar-refractivity contribution in [1.82, 2.24) is 10.1 Å². The van der Waals surface area contributed by atoms with E-state index >= 15 is 0 Å². The minimum absolute atomic E-state index is 0.143. The summed E-state index contributed by atoms with van der Waals surface area (Å²) >= 11 is 0. The summed E-state index contributed by atoms with van der Waals surface area (Å²) in [6.07, 6.45) is 1.40. The summed E-state index contributed by atoms with van der Waals surface area (Å²) in [7, 11) is 1.77. The van der Waals surface area contributed by atoms with Gasteiger partial charge in [0.1, 0.15) is 12.1 Å². The van der Waals surface area contributed by atoms with Crippen molar-refractivity contribution in [2.45, 2.75) is 26.2 Å². The van der Waals surface area contributed by atoms with Crippen LogP contribution in [0.3, 0.4) is 0 Å². The van der Waals surface area contributed by atoms with Crippen LogP contribution >= 0.6 is 0 Å². The molecule has 1 amide bonds. The number of aromatic nitrogens is 2. The highest BCUT2D eigenvalue weighted by Gasteiger charge is 2.19. The quantitative estimate of drug-likeness (QED) is 0.899. The lowest BCUT2D eigenvalue weighted by Crippen LogP contribution is -2.18. The monoisotopic (exact) mass is 274 g/mol. The standard InChI is InChI=1S/C14H18N4O2/c1-14(2,3)10-7-9(8-12(15-4)16-10)13(19)17-11-5-6-20-18-11/h5-8H,1-4H3,(H,15,16)(H,17,18,19). The number of rotatable bonds is 3. The van der Waals surface area contributed by atoms with Crippen LogP contribution in [0.15, 0.2) is 29.0 Å². The molecular weight excluding hydrogens is 256 g/mol. The first-order valence-electron chi connectivity index (χ1n) is 6.32. The summed E-state index contributed by atoms with van der Waals surface area (Å²) in [5.74, 6) is 0.793. The Labute approximate surface area is 117 Å². The zero-order valence-corrected chi connectivity index (χ0v) is 12.0. The van der Waals surface area contributed by atoms with Crippen molar-refractivity contribution in [3.05, 3.63) is 35.7 Å². The number of anilines is 2. The van der Waals surface area contributed by atoms with Crippen molar-refractivity contribution in [3.63, 3.8) is 0 Å². The van der Waals surface area contributed by atoms with E-state index in [0.717, 1.165) is 5.69 Å². The van der Waals surface area contributed by atoms with Gasteiger partial charge in [-0.3, -0.25) is 4.79 Å². The van der Waals surface area contributed by atoms with Crippen LogP contribution in [0.25, 0.3) is 0 Å². The highest BCUT2D eigenvalue weighted by molar-refractivity contribution is 6.04. The predicted octanol–water partition coefficient (Wildman–Crippen LogP) is 2.66. The van der Waals surface area contributed by atoms with Gasteiger partial charge in [-0.2, -0.15) is 0 Å². The third kappa shape index (κ3) is 3.14. The fourth-order valence-electron chi connectivity index (χ4n) is 1.64. The van der Waals surface area contributed by atoms with E-state index in [1.54, 1.807) is 25.2 Å². The lowest BCUT2D eigenvalue weighted by Gasteiger charge is -2.19. The van der Waals surface area contributed by atoms with E-state index in [1.165, 1.54) is 6.26 Å². The van der Waals surface area contributed by atoms with Crippen LogP contribution in [-0.2, 0) is 5.41 Å². The van der Waals surface area contributed by atoms with Crippen molar-refractivity contribution >= 4 is 17.5 Å². The average Bonchev–Trinajstić information content (AvgIpc) is 2.90. The molecule has 0 aromatic carbocycles. The molecule has 0 saturated heterocycles. The van der Waals surface area contributed by atoms with Crippen molar-refractivity contribution in [2.24, 2.45) is 0 Å². The van der Waals surface area contributed by atoms with Gasteiger partial charge < -0.3 is 15.2 Å². The maximum Gasteiger partial charge on any atom is 0.257 e. The zero-order chi connectivity index (χ0) is 14.8. The SMILES string of the molecule is CNc1cc(C(=O)Nc2ccon2)cc(C(C)(C)C)n1. The third-order valence-corrected chi connectivity index (χ3v) is 2.79. The topological polar surface area (TPSA) is 80.0 Å². The van der Waals surface area contributed by atoms with Crippen LogP contribution < -0.4 is 10.6 Å². The average molecular weight is 274 g/mol. The van der Waals surface area contributed by atoms with Crippen molar-refractivity contribution in [2.75, 3.05) is 17.7 Å². The van der Waals surface area contributed by atoms with E-state index in [1.807, 2.05) is 20.8 Å². The minimum atomic E-state index is -0.247. The van der Waals surface area contributed by atoms with E-state index in [2.05, 4.69) is 25.3 Å². The normalized spacial score (nSPS) is 11.2. The Balaban J connectivity index is 2.33. The molecule has 6 nitrogen and oxygen atoms in total. The molecule has 2 heterocycles. The molecule has 6 heteroatoms. The van der Waals surface area contributed by atoms with Crippen LogP contribution in [0, 0.1) is 0 Å². The van der Waals surface area contributed by atoms with Crippen LogP contribution in [0.2, 0.25) is 0 Å². The lowest BCUT2D eigenvalue weighted by atomic mass is 9.90. The molecule has 106 valence electrons. The highest BCUT2D eigenvalue weighted by atomic mass is 16.5. The van der Waals surface area contributed by atoms with E-state index < -0.39 is 0 Å². The first kappa shape index (κ1) is 14.0. The molecule has 0 bridgehead atoms. The molecule has 0 saturated carbocycles. The van der Waals surface area contributed by atoms with Crippen LogP contribution in [-0.4, -0.2) is 23.1 Å². The Kier molecular flexibility index (Phi) is 3.74. The summed E-state index contributed by atoms with van der Waals surface area (Å²) in [6.45, 7) is 6.15. The molecule has 0 unspecified atom stereocenters. The van der Waals surface area contributed by atoms with E-state index in [4.69, 9.17) is 0 Å². The molecule has 2 rings (SSSR count). The second-order valence-electron chi connectivity index (χ2n) is 5.47. The fourth-order valence-corrected chi connectivity index (χ4v) is 1.64.